The van der Waals surface area contributed by atoms with Crippen molar-refractivity contribution in [2.75, 3.05) is 7.11 Å². The van der Waals surface area contributed by atoms with E-state index < -0.39 is 0 Å². The van der Waals surface area contributed by atoms with E-state index in [0.29, 0.717) is 11.1 Å². The van der Waals surface area contributed by atoms with Crippen LogP contribution in [0.5, 0.6) is 5.75 Å². The highest BCUT2D eigenvalue weighted by molar-refractivity contribution is 5.80. The normalized spacial score (nSPS) is 11.3. The van der Waals surface area contributed by atoms with Gasteiger partial charge >= 0.3 is 0 Å². The largest absolute Gasteiger partial charge is 0.496 e. The van der Waals surface area contributed by atoms with Crippen LogP contribution in [0.25, 0.3) is 5.69 Å². The Kier molecular flexibility index (Phi) is 4.81. The summed E-state index contributed by atoms with van der Waals surface area (Å²) < 4.78 is 6.98. The van der Waals surface area contributed by atoms with Crippen LogP contribution in [0.3, 0.4) is 0 Å². The molecule has 0 bridgehead atoms. The summed E-state index contributed by atoms with van der Waals surface area (Å²) in [5.41, 5.74) is 1.77. The summed E-state index contributed by atoms with van der Waals surface area (Å²) in [6.07, 6.45) is 3.55. The van der Waals surface area contributed by atoms with Crippen molar-refractivity contribution in [2.45, 2.75) is 6.42 Å². The van der Waals surface area contributed by atoms with Crippen LogP contribution < -0.4 is 10.1 Å². The molecule has 0 saturated carbocycles. The maximum absolute atomic E-state index is 12.1. The zero-order valence-electron chi connectivity index (χ0n) is 13.3. The number of para-hydroxylation sites is 2. The third-order valence-electron chi connectivity index (χ3n) is 3.51. The predicted octanol–water partition coefficient (Wildman–Crippen LogP) is 2.55. The molecule has 3 aromatic rings. The second kappa shape index (κ2) is 7.37. The van der Waals surface area contributed by atoms with Gasteiger partial charge in [0.05, 0.1) is 30.8 Å². The highest BCUT2D eigenvalue weighted by Gasteiger charge is 2.06. The Morgan fingerprint density at radius 2 is 1.83 bits per heavy atom. The average Bonchev–Trinajstić information content (AvgIpc) is 2.63. The molecule has 5 nitrogen and oxygen atoms in total. The summed E-state index contributed by atoms with van der Waals surface area (Å²) in [7, 11) is 1.59. The van der Waals surface area contributed by atoms with E-state index in [2.05, 4.69) is 10.1 Å². The van der Waals surface area contributed by atoms with Crippen LogP contribution in [0.4, 0.5) is 0 Å². The van der Waals surface area contributed by atoms with Crippen LogP contribution in [-0.2, 0) is 11.2 Å². The minimum atomic E-state index is -0.237. The number of methoxy groups -OCH3 is 1. The third-order valence-corrected chi connectivity index (χ3v) is 3.51. The van der Waals surface area contributed by atoms with Crippen molar-refractivity contribution in [3.05, 3.63) is 84.0 Å². The van der Waals surface area contributed by atoms with E-state index in [1.807, 2.05) is 54.6 Å². The molecule has 0 radical (unpaired) electrons. The average molecular weight is 319 g/mol. The number of benzene rings is 2. The Morgan fingerprint density at radius 3 is 2.54 bits per heavy atom. The van der Waals surface area contributed by atoms with Gasteiger partial charge in [0.2, 0.25) is 0 Å². The zero-order chi connectivity index (χ0) is 16.8. The number of ether oxygens (including phenoxy) is 1. The summed E-state index contributed by atoms with van der Waals surface area (Å²) in [6.45, 7) is 0. The molecular formula is C19H17N3O2. The molecule has 1 amide bonds. The van der Waals surface area contributed by atoms with E-state index in [-0.39, 0.29) is 12.3 Å². The van der Waals surface area contributed by atoms with Gasteiger partial charge in [0.1, 0.15) is 5.75 Å². The van der Waals surface area contributed by atoms with Crippen LogP contribution in [0.1, 0.15) is 5.56 Å². The summed E-state index contributed by atoms with van der Waals surface area (Å²) >= 11 is 0. The number of hydrogen-bond acceptors (Lipinski definition) is 3. The Labute approximate surface area is 139 Å². The maximum atomic E-state index is 12.1. The summed E-state index contributed by atoms with van der Waals surface area (Å²) in [5.74, 6) is 0.452. The molecule has 0 aliphatic heterocycles. The molecule has 0 aliphatic carbocycles. The topological polar surface area (TPSA) is 56.5 Å². The fraction of sp³-hybridized carbons (Fsp3) is 0.105. The highest BCUT2D eigenvalue weighted by Crippen LogP contribution is 2.17. The molecule has 0 unspecified atom stereocenters. The highest BCUT2D eigenvalue weighted by atomic mass is 16.5. The van der Waals surface area contributed by atoms with E-state index in [1.54, 1.807) is 30.3 Å². The second-order valence-corrected chi connectivity index (χ2v) is 5.16. The molecule has 3 rings (SSSR count). The summed E-state index contributed by atoms with van der Waals surface area (Å²) in [4.78, 5) is 16.2. The van der Waals surface area contributed by atoms with Crippen molar-refractivity contribution in [3.63, 3.8) is 0 Å². The molecule has 0 aliphatic rings. The molecule has 0 spiro atoms. The quantitative estimate of drug-likeness (QED) is 0.742. The molecule has 0 fully saturated rings. The SMILES string of the molecule is COc1ccccc1CC(=O)/N=c1/ccn(-c2ccccc2)nc1. The van der Waals surface area contributed by atoms with Gasteiger partial charge in [-0.15, -0.1) is 0 Å². The molecule has 24 heavy (non-hydrogen) atoms. The van der Waals surface area contributed by atoms with Crippen LogP contribution in [0.15, 0.2) is 78.0 Å². The minimum Gasteiger partial charge on any atom is -0.496 e. The van der Waals surface area contributed by atoms with Crippen LogP contribution in [0.2, 0.25) is 0 Å². The van der Waals surface area contributed by atoms with Crippen molar-refractivity contribution in [1.29, 1.82) is 0 Å². The monoisotopic (exact) mass is 319 g/mol. The lowest BCUT2D eigenvalue weighted by molar-refractivity contribution is -0.117. The van der Waals surface area contributed by atoms with Gasteiger partial charge in [-0.25, -0.2) is 9.67 Å². The molecule has 5 heteroatoms. The van der Waals surface area contributed by atoms with Gasteiger partial charge in [0.15, 0.2) is 0 Å². The standard InChI is InChI=1S/C19H17N3O2/c1-24-18-10-6-5-7-15(18)13-19(23)21-16-11-12-22(20-14-16)17-8-3-2-4-9-17/h2-12,14H,13H2,1H3/b21-16-. The number of aromatic nitrogens is 2. The predicted molar refractivity (Wildman–Crippen MR) is 90.8 cm³/mol. The van der Waals surface area contributed by atoms with Gasteiger partial charge < -0.3 is 4.74 Å². The number of amides is 1. The van der Waals surface area contributed by atoms with Crippen molar-refractivity contribution in [3.8, 4) is 11.4 Å². The van der Waals surface area contributed by atoms with E-state index in [0.717, 1.165) is 11.3 Å². The maximum Gasteiger partial charge on any atom is 0.250 e. The van der Waals surface area contributed by atoms with Crippen molar-refractivity contribution >= 4 is 5.91 Å². The number of carbonyl (C=O) groups is 1. The minimum absolute atomic E-state index is 0.192. The van der Waals surface area contributed by atoms with Crippen LogP contribution in [-0.4, -0.2) is 22.8 Å². The fourth-order valence-electron chi connectivity index (χ4n) is 2.34. The van der Waals surface area contributed by atoms with Gasteiger partial charge in [0.25, 0.3) is 5.91 Å². The van der Waals surface area contributed by atoms with Gasteiger partial charge in [-0.3, -0.25) is 4.79 Å². The molecule has 0 N–H and O–H groups in total. The molecule has 0 saturated heterocycles. The lowest BCUT2D eigenvalue weighted by Gasteiger charge is -2.05. The third kappa shape index (κ3) is 3.76. The molecule has 1 heterocycles. The smallest absolute Gasteiger partial charge is 0.250 e. The lowest BCUT2D eigenvalue weighted by atomic mass is 10.1. The van der Waals surface area contributed by atoms with E-state index in [4.69, 9.17) is 4.74 Å². The van der Waals surface area contributed by atoms with Crippen LogP contribution in [0, 0.1) is 0 Å². The fourth-order valence-corrected chi connectivity index (χ4v) is 2.34. The molecule has 0 atom stereocenters. The molecular weight excluding hydrogens is 302 g/mol. The van der Waals surface area contributed by atoms with Crippen molar-refractivity contribution in [1.82, 2.24) is 9.78 Å². The Balaban J connectivity index is 1.77. The first-order valence-corrected chi connectivity index (χ1v) is 7.56. The van der Waals surface area contributed by atoms with Crippen LogP contribution >= 0.6 is 0 Å². The van der Waals surface area contributed by atoms with E-state index >= 15 is 0 Å². The van der Waals surface area contributed by atoms with Gasteiger partial charge in [-0.05, 0) is 24.3 Å². The summed E-state index contributed by atoms with van der Waals surface area (Å²) in [5, 5.41) is 4.82. The zero-order valence-corrected chi connectivity index (χ0v) is 13.3. The molecule has 1 aromatic heterocycles. The van der Waals surface area contributed by atoms with Gasteiger partial charge in [-0.1, -0.05) is 36.4 Å². The Morgan fingerprint density at radius 1 is 1.08 bits per heavy atom. The van der Waals surface area contributed by atoms with Gasteiger partial charge in [-0.2, -0.15) is 5.10 Å². The van der Waals surface area contributed by atoms with E-state index in [1.165, 1.54) is 0 Å². The lowest BCUT2D eigenvalue weighted by Crippen LogP contribution is -2.12. The Bertz CT molecular complexity index is 881. The van der Waals surface area contributed by atoms with E-state index in [9.17, 15) is 4.79 Å². The number of nitrogens with zero attached hydrogens (tertiary/aromatic N) is 3. The van der Waals surface area contributed by atoms with Crippen molar-refractivity contribution < 1.29 is 9.53 Å². The first-order valence-electron chi connectivity index (χ1n) is 7.56. The number of hydrogen-bond donors (Lipinski definition) is 0. The van der Waals surface area contributed by atoms with Crippen molar-refractivity contribution in [2.24, 2.45) is 4.99 Å². The molecule has 120 valence electrons. The number of carbonyl (C=O) groups excluding carboxylic acids is 1. The first-order chi connectivity index (χ1) is 11.8. The summed E-state index contributed by atoms with van der Waals surface area (Å²) in [6, 6.07) is 18.9. The second-order valence-electron chi connectivity index (χ2n) is 5.16. The Hall–Kier alpha value is -3.21. The van der Waals surface area contributed by atoms with Gasteiger partial charge in [0, 0.05) is 11.8 Å². The number of rotatable bonds is 4. The first kappa shape index (κ1) is 15.7. The molecule has 2 aromatic carbocycles.